The molecule has 0 aromatic carbocycles. The lowest BCUT2D eigenvalue weighted by atomic mass is 9.82. The number of halogens is 1. The largest absolute Gasteiger partial charge is 0.378 e. The third-order valence-corrected chi connectivity index (χ3v) is 5.97. The van der Waals surface area contributed by atoms with Crippen molar-refractivity contribution in [2.75, 3.05) is 39.4 Å². The maximum absolute atomic E-state index is 6.71. The van der Waals surface area contributed by atoms with Crippen molar-refractivity contribution in [1.29, 1.82) is 0 Å². The molecule has 0 spiro atoms. The lowest BCUT2D eigenvalue weighted by Gasteiger charge is -2.47. The molecule has 3 rings (SSSR count). The molecule has 3 fully saturated rings. The number of alkyl halides is 1. The summed E-state index contributed by atoms with van der Waals surface area (Å²) in [6.07, 6.45) is 6.60. The van der Waals surface area contributed by atoms with E-state index in [-0.39, 0.29) is 0 Å². The summed E-state index contributed by atoms with van der Waals surface area (Å²) in [6.45, 7) is 8.98. The van der Waals surface area contributed by atoms with E-state index >= 15 is 0 Å². The van der Waals surface area contributed by atoms with Gasteiger partial charge in [0.2, 0.25) is 0 Å². The summed E-state index contributed by atoms with van der Waals surface area (Å²) in [6, 6.07) is 1.33. The summed E-state index contributed by atoms with van der Waals surface area (Å²) in [7, 11) is 0. The number of hydrogen-bond acceptors (Lipinski definition) is 3. The zero-order valence-corrected chi connectivity index (χ0v) is 13.5. The Labute approximate surface area is 128 Å². The Morgan fingerprint density at radius 3 is 2.30 bits per heavy atom. The summed E-state index contributed by atoms with van der Waals surface area (Å²) < 4.78 is 5.31. The van der Waals surface area contributed by atoms with Crippen LogP contribution in [0.4, 0.5) is 0 Å². The molecule has 116 valence electrons. The Balaban J connectivity index is 1.45. The Kier molecular flexibility index (Phi) is 5.24. The third-order valence-electron chi connectivity index (χ3n) is 5.50. The molecule has 2 saturated heterocycles. The summed E-state index contributed by atoms with van der Waals surface area (Å²) in [5.41, 5.74) is 0. The summed E-state index contributed by atoms with van der Waals surface area (Å²) in [4.78, 5) is 5.27. The van der Waals surface area contributed by atoms with Crippen LogP contribution in [0.25, 0.3) is 0 Å². The smallest absolute Gasteiger partial charge is 0.0645 e. The molecule has 0 radical (unpaired) electrons. The molecule has 20 heavy (non-hydrogen) atoms. The maximum Gasteiger partial charge on any atom is 0.0645 e. The van der Waals surface area contributed by atoms with Gasteiger partial charge in [0.1, 0.15) is 0 Å². The molecule has 0 bridgehead atoms. The van der Waals surface area contributed by atoms with Gasteiger partial charge >= 0.3 is 0 Å². The number of nitrogens with zero attached hydrogens (tertiary/aromatic N) is 2. The van der Waals surface area contributed by atoms with Crippen LogP contribution in [-0.4, -0.2) is 66.7 Å². The van der Waals surface area contributed by atoms with Gasteiger partial charge in [0.15, 0.2) is 0 Å². The standard InChI is InChI=1S/C16H29ClN2O/c1-2-3-13-4-5-16(15(17)10-13)19-8-6-18(7-9-19)14-11-20-12-14/h13-16H,2-12H2,1H3. The highest BCUT2D eigenvalue weighted by atomic mass is 35.5. The predicted molar refractivity (Wildman–Crippen MR) is 83.4 cm³/mol. The molecule has 0 aromatic rings. The molecular formula is C16H29ClN2O. The fourth-order valence-electron chi connectivity index (χ4n) is 4.13. The number of hydrogen-bond donors (Lipinski definition) is 0. The van der Waals surface area contributed by atoms with Crippen molar-refractivity contribution in [3.8, 4) is 0 Å². The van der Waals surface area contributed by atoms with Crippen LogP contribution in [0, 0.1) is 5.92 Å². The van der Waals surface area contributed by atoms with Gasteiger partial charge in [-0.25, -0.2) is 0 Å². The molecule has 0 N–H and O–H groups in total. The molecule has 1 saturated carbocycles. The summed E-state index contributed by atoms with van der Waals surface area (Å²) >= 11 is 6.71. The highest BCUT2D eigenvalue weighted by molar-refractivity contribution is 6.21. The van der Waals surface area contributed by atoms with E-state index in [0.717, 1.165) is 19.1 Å². The van der Waals surface area contributed by atoms with Crippen LogP contribution >= 0.6 is 11.6 Å². The van der Waals surface area contributed by atoms with Crippen LogP contribution < -0.4 is 0 Å². The minimum atomic E-state index is 0.374. The van der Waals surface area contributed by atoms with Crippen molar-refractivity contribution in [3.63, 3.8) is 0 Å². The van der Waals surface area contributed by atoms with E-state index in [1.165, 1.54) is 58.3 Å². The monoisotopic (exact) mass is 300 g/mol. The van der Waals surface area contributed by atoms with Gasteiger partial charge in [0.25, 0.3) is 0 Å². The first kappa shape index (κ1) is 15.1. The third kappa shape index (κ3) is 3.32. The second kappa shape index (κ2) is 6.95. The molecule has 4 heteroatoms. The van der Waals surface area contributed by atoms with E-state index in [1.807, 2.05) is 0 Å². The summed E-state index contributed by atoms with van der Waals surface area (Å²) in [5, 5.41) is 0.374. The van der Waals surface area contributed by atoms with Gasteiger partial charge in [-0.1, -0.05) is 19.8 Å². The SMILES string of the molecule is CCCC1CCC(N2CCN(C3COC3)CC2)C(Cl)C1. The highest BCUT2D eigenvalue weighted by Crippen LogP contribution is 2.34. The second-order valence-electron chi connectivity index (χ2n) is 6.81. The van der Waals surface area contributed by atoms with Gasteiger partial charge in [-0.3, -0.25) is 9.80 Å². The fraction of sp³-hybridized carbons (Fsp3) is 1.00. The molecule has 0 amide bonds. The first-order valence-electron chi connectivity index (χ1n) is 8.48. The first-order valence-corrected chi connectivity index (χ1v) is 8.91. The van der Waals surface area contributed by atoms with E-state index in [2.05, 4.69) is 16.7 Å². The van der Waals surface area contributed by atoms with Crippen molar-refractivity contribution in [1.82, 2.24) is 9.80 Å². The topological polar surface area (TPSA) is 15.7 Å². The van der Waals surface area contributed by atoms with Gasteiger partial charge in [-0.05, 0) is 25.2 Å². The van der Waals surface area contributed by atoms with Crippen LogP contribution in [0.3, 0.4) is 0 Å². The van der Waals surface area contributed by atoms with Crippen molar-refractivity contribution in [2.45, 2.75) is 56.5 Å². The van der Waals surface area contributed by atoms with Crippen LogP contribution in [-0.2, 0) is 4.74 Å². The zero-order valence-electron chi connectivity index (χ0n) is 12.8. The van der Waals surface area contributed by atoms with Gasteiger partial charge in [-0.2, -0.15) is 0 Å². The van der Waals surface area contributed by atoms with Crippen molar-refractivity contribution in [2.24, 2.45) is 5.92 Å². The van der Waals surface area contributed by atoms with Gasteiger partial charge in [0, 0.05) is 37.6 Å². The van der Waals surface area contributed by atoms with Crippen LogP contribution in [0.15, 0.2) is 0 Å². The lowest BCUT2D eigenvalue weighted by molar-refractivity contribution is -0.0809. The fourth-order valence-corrected chi connectivity index (χ4v) is 4.67. The molecule has 2 heterocycles. The Hall–Kier alpha value is 0.170. The van der Waals surface area contributed by atoms with Crippen molar-refractivity contribution in [3.05, 3.63) is 0 Å². The quantitative estimate of drug-likeness (QED) is 0.742. The van der Waals surface area contributed by atoms with E-state index in [9.17, 15) is 0 Å². The molecule has 3 unspecified atom stereocenters. The molecule has 3 atom stereocenters. The van der Waals surface area contributed by atoms with Crippen molar-refractivity contribution >= 4 is 11.6 Å². The highest BCUT2D eigenvalue weighted by Gasteiger charge is 2.36. The molecular weight excluding hydrogens is 272 g/mol. The average molecular weight is 301 g/mol. The molecule has 3 nitrogen and oxygen atoms in total. The van der Waals surface area contributed by atoms with Crippen molar-refractivity contribution < 1.29 is 4.74 Å². The summed E-state index contributed by atoms with van der Waals surface area (Å²) in [5.74, 6) is 0.882. The lowest BCUT2D eigenvalue weighted by Crippen LogP contribution is -2.59. The van der Waals surface area contributed by atoms with Gasteiger partial charge in [-0.15, -0.1) is 11.6 Å². The number of rotatable bonds is 4. The van der Waals surface area contributed by atoms with E-state index in [0.29, 0.717) is 17.5 Å². The maximum atomic E-state index is 6.71. The van der Waals surface area contributed by atoms with Crippen LogP contribution in [0.5, 0.6) is 0 Å². The molecule has 2 aliphatic heterocycles. The minimum Gasteiger partial charge on any atom is -0.378 e. The Bertz CT molecular complexity index is 303. The predicted octanol–water partition coefficient (Wildman–Crippen LogP) is 2.58. The molecule has 0 aromatic heterocycles. The zero-order chi connectivity index (χ0) is 13.9. The second-order valence-corrected chi connectivity index (χ2v) is 7.37. The van der Waals surface area contributed by atoms with Crippen LogP contribution in [0.1, 0.15) is 39.0 Å². The first-order chi connectivity index (χ1) is 9.78. The average Bonchev–Trinajstić information content (AvgIpc) is 2.39. The molecule has 3 aliphatic rings. The minimum absolute atomic E-state index is 0.374. The number of piperazine rings is 1. The van der Waals surface area contributed by atoms with E-state index in [1.54, 1.807) is 0 Å². The Morgan fingerprint density at radius 1 is 1.05 bits per heavy atom. The Morgan fingerprint density at radius 2 is 1.75 bits per heavy atom. The molecule has 1 aliphatic carbocycles. The van der Waals surface area contributed by atoms with E-state index < -0.39 is 0 Å². The van der Waals surface area contributed by atoms with Crippen LogP contribution in [0.2, 0.25) is 0 Å². The number of ether oxygens (including phenoxy) is 1. The van der Waals surface area contributed by atoms with E-state index in [4.69, 9.17) is 16.3 Å². The van der Waals surface area contributed by atoms with Gasteiger partial charge in [0.05, 0.1) is 19.3 Å². The normalized spacial score (nSPS) is 37.8. The van der Waals surface area contributed by atoms with Gasteiger partial charge < -0.3 is 4.74 Å².